The molecule has 0 radical (unpaired) electrons. The molecule has 4 heteroatoms. The summed E-state index contributed by atoms with van der Waals surface area (Å²) in [5.41, 5.74) is 5.33. The van der Waals surface area contributed by atoms with Gasteiger partial charge in [0.1, 0.15) is 5.78 Å². The SMILES string of the molecule is CCCCCCCCCCCC(=O)CC(CN)C(=O)O. The molecular weight excluding hydrogens is 254 g/mol. The van der Waals surface area contributed by atoms with E-state index in [2.05, 4.69) is 6.92 Å². The van der Waals surface area contributed by atoms with Gasteiger partial charge >= 0.3 is 5.97 Å². The zero-order valence-electron chi connectivity index (χ0n) is 12.9. The first kappa shape index (κ1) is 19.1. The van der Waals surface area contributed by atoms with Crippen LogP contribution in [0.5, 0.6) is 0 Å². The molecule has 1 atom stereocenters. The highest BCUT2D eigenvalue weighted by Crippen LogP contribution is 2.12. The summed E-state index contributed by atoms with van der Waals surface area (Å²) in [6, 6.07) is 0. The fourth-order valence-corrected chi connectivity index (χ4v) is 2.28. The van der Waals surface area contributed by atoms with Crippen LogP contribution in [0.4, 0.5) is 0 Å². The summed E-state index contributed by atoms with van der Waals surface area (Å²) in [6.45, 7) is 2.26. The van der Waals surface area contributed by atoms with E-state index >= 15 is 0 Å². The number of ketones is 1. The number of carbonyl (C=O) groups excluding carboxylic acids is 1. The third-order valence-electron chi connectivity index (χ3n) is 3.67. The largest absolute Gasteiger partial charge is 0.481 e. The minimum atomic E-state index is -0.965. The van der Waals surface area contributed by atoms with Gasteiger partial charge in [-0.3, -0.25) is 9.59 Å². The maximum atomic E-state index is 11.6. The normalized spacial score (nSPS) is 12.3. The summed E-state index contributed by atoms with van der Waals surface area (Å²) in [5, 5.41) is 8.82. The first-order chi connectivity index (χ1) is 9.61. The molecule has 0 aliphatic carbocycles. The number of unbranched alkanes of at least 4 members (excludes halogenated alkanes) is 8. The molecule has 0 saturated carbocycles. The van der Waals surface area contributed by atoms with Crippen molar-refractivity contribution >= 4 is 11.8 Å². The van der Waals surface area contributed by atoms with E-state index in [0.29, 0.717) is 6.42 Å². The lowest BCUT2D eigenvalue weighted by atomic mass is 9.99. The van der Waals surface area contributed by atoms with Crippen LogP contribution in [0.3, 0.4) is 0 Å². The van der Waals surface area contributed by atoms with Gasteiger partial charge in [0.05, 0.1) is 5.92 Å². The molecule has 20 heavy (non-hydrogen) atoms. The Bertz CT molecular complexity index is 266. The van der Waals surface area contributed by atoms with E-state index in [1.807, 2.05) is 0 Å². The summed E-state index contributed by atoms with van der Waals surface area (Å²) in [6.07, 6.45) is 11.5. The monoisotopic (exact) mass is 285 g/mol. The standard InChI is InChI=1S/C16H31NO3/c1-2-3-4-5-6-7-8-9-10-11-15(18)12-14(13-17)16(19)20/h14H,2-13,17H2,1H3,(H,19,20). The third-order valence-corrected chi connectivity index (χ3v) is 3.67. The van der Waals surface area contributed by atoms with Crippen LogP contribution in [0.1, 0.15) is 77.6 Å². The van der Waals surface area contributed by atoms with E-state index in [0.717, 1.165) is 12.8 Å². The molecule has 0 aromatic carbocycles. The van der Waals surface area contributed by atoms with Crippen molar-refractivity contribution in [3.8, 4) is 0 Å². The molecule has 0 aromatic rings. The van der Waals surface area contributed by atoms with Crippen LogP contribution in [0.15, 0.2) is 0 Å². The topological polar surface area (TPSA) is 80.4 Å². The summed E-state index contributed by atoms with van der Waals surface area (Å²) >= 11 is 0. The number of hydrogen-bond acceptors (Lipinski definition) is 3. The van der Waals surface area contributed by atoms with Crippen molar-refractivity contribution in [3.05, 3.63) is 0 Å². The van der Waals surface area contributed by atoms with Crippen molar-refractivity contribution in [2.75, 3.05) is 6.54 Å². The summed E-state index contributed by atoms with van der Waals surface area (Å²) < 4.78 is 0. The number of carboxylic acid groups (broad SMARTS) is 1. The number of carbonyl (C=O) groups is 2. The molecular formula is C16H31NO3. The third kappa shape index (κ3) is 11.0. The molecule has 1 unspecified atom stereocenters. The van der Waals surface area contributed by atoms with E-state index in [1.165, 1.54) is 44.9 Å². The highest BCUT2D eigenvalue weighted by Gasteiger charge is 2.18. The Labute approximate surface area is 123 Å². The minimum absolute atomic E-state index is 0.0331. The zero-order chi connectivity index (χ0) is 15.2. The molecule has 0 fully saturated rings. The number of carboxylic acids is 1. The van der Waals surface area contributed by atoms with Crippen LogP contribution >= 0.6 is 0 Å². The van der Waals surface area contributed by atoms with E-state index in [-0.39, 0.29) is 18.7 Å². The van der Waals surface area contributed by atoms with Crippen molar-refractivity contribution in [2.24, 2.45) is 11.7 Å². The molecule has 0 aliphatic rings. The second-order valence-electron chi connectivity index (χ2n) is 5.59. The molecule has 0 heterocycles. The Morgan fingerprint density at radius 1 is 0.950 bits per heavy atom. The van der Waals surface area contributed by atoms with Gasteiger partial charge in [0.15, 0.2) is 0 Å². The second-order valence-corrected chi connectivity index (χ2v) is 5.59. The van der Waals surface area contributed by atoms with Crippen molar-refractivity contribution in [2.45, 2.75) is 77.6 Å². The molecule has 118 valence electrons. The predicted octanol–water partition coefficient (Wildman–Crippen LogP) is 3.53. The van der Waals surface area contributed by atoms with Gasteiger partial charge < -0.3 is 10.8 Å². The summed E-state index contributed by atoms with van der Waals surface area (Å²) in [7, 11) is 0. The lowest BCUT2D eigenvalue weighted by molar-refractivity contribution is -0.143. The molecule has 0 aromatic heterocycles. The maximum absolute atomic E-state index is 11.6. The predicted molar refractivity (Wildman–Crippen MR) is 81.6 cm³/mol. The highest BCUT2D eigenvalue weighted by molar-refractivity contribution is 5.83. The lowest BCUT2D eigenvalue weighted by Crippen LogP contribution is -2.25. The Balaban J connectivity index is 3.41. The first-order valence-corrected chi connectivity index (χ1v) is 8.06. The van der Waals surface area contributed by atoms with Gasteiger partial charge in [-0.15, -0.1) is 0 Å². The van der Waals surface area contributed by atoms with Gasteiger partial charge in [-0.25, -0.2) is 0 Å². The summed E-state index contributed by atoms with van der Waals surface area (Å²) in [5.74, 6) is -1.64. The average molecular weight is 285 g/mol. The molecule has 0 amide bonds. The van der Waals surface area contributed by atoms with Gasteiger partial charge in [0.2, 0.25) is 0 Å². The number of Topliss-reactive ketones (excluding diaryl/α,β-unsaturated/α-hetero) is 1. The van der Waals surface area contributed by atoms with E-state index in [4.69, 9.17) is 10.8 Å². The molecule has 0 spiro atoms. The van der Waals surface area contributed by atoms with E-state index in [1.54, 1.807) is 0 Å². The summed E-state index contributed by atoms with van der Waals surface area (Å²) in [4.78, 5) is 22.4. The van der Waals surface area contributed by atoms with Crippen molar-refractivity contribution in [1.82, 2.24) is 0 Å². The van der Waals surface area contributed by atoms with E-state index in [9.17, 15) is 9.59 Å². The molecule has 0 aliphatic heterocycles. The Morgan fingerprint density at radius 2 is 1.45 bits per heavy atom. The highest BCUT2D eigenvalue weighted by atomic mass is 16.4. The number of aliphatic carboxylic acids is 1. The fraction of sp³-hybridized carbons (Fsp3) is 0.875. The van der Waals surface area contributed by atoms with Crippen LogP contribution in [0, 0.1) is 5.92 Å². The van der Waals surface area contributed by atoms with Crippen LogP contribution in [0.25, 0.3) is 0 Å². The molecule has 0 rings (SSSR count). The second kappa shape index (κ2) is 13.1. The van der Waals surface area contributed by atoms with Gasteiger partial charge in [0, 0.05) is 19.4 Å². The van der Waals surface area contributed by atoms with Crippen molar-refractivity contribution in [1.29, 1.82) is 0 Å². The lowest BCUT2D eigenvalue weighted by Gasteiger charge is -2.08. The van der Waals surface area contributed by atoms with Crippen LogP contribution in [-0.2, 0) is 9.59 Å². The fourth-order valence-electron chi connectivity index (χ4n) is 2.28. The number of nitrogens with two attached hydrogens (primary N) is 1. The first-order valence-electron chi connectivity index (χ1n) is 8.06. The molecule has 0 saturated heterocycles. The quantitative estimate of drug-likeness (QED) is 0.478. The zero-order valence-corrected chi connectivity index (χ0v) is 12.9. The Kier molecular flexibility index (Phi) is 12.5. The van der Waals surface area contributed by atoms with Crippen LogP contribution in [0.2, 0.25) is 0 Å². The smallest absolute Gasteiger partial charge is 0.308 e. The Morgan fingerprint density at radius 3 is 1.90 bits per heavy atom. The van der Waals surface area contributed by atoms with E-state index < -0.39 is 11.9 Å². The van der Waals surface area contributed by atoms with Gasteiger partial charge in [0.25, 0.3) is 0 Å². The van der Waals surface area contributed by atoms with Crippen LogP contribution in [-0.4, -0.2) is 23.4 Å². The van der Waals surface area contributed by atoms with Gasteiger partial charge in [-0.05, 0) is 6.42 Å². The van der Waals surface area contributed by atoms with Gasteiger partial charge in [-0.1, -0.05) is 58.3 Å². The van der Waals surface area contributed by atoms with Crippen molar-refractivity contribution < 1.29 is 14.7 Å². The molecule has 4 nitrogen and oxygen atoms in total. The Hall–Kier alpha value is -0.900. The average Bonchev–Trinajstić information content (AvgIpc) is 2.42. The van der Waals surface area contributed by atoms with Crippen molar-refractivity contribution in [3.63, 3.8) is 0 Å². The number of rotatable bonds is 14. The van der Waals surface area contributed by atoms with Gasteiger partial charge in [-0.2, -0.15) is 0 Å². The molecule has 3 N–H and O–H groups in total. The minimum Gasteiger partial charge on any atom is -0.481 e. The maximum Gasteiger partial charge on any atom is 0.308 e. The number of hydrogen-bond donors (Lipinski definition) is 2. The van der Waals surface area contributed by atoms with Crippen LogP contribution < -0.4 is 5.73 Å². The molecule has 0 bridgehead atoms.